The van der Waals surface area contributed by atoms with E-state index in [4.69, 9.17) is 0 Å². The summed E-state index contributed by atoms with van der Waals surface area (Å²) in [5, 5.41) is 8.63. The highest BCUT2D eigenvalue weighted by atomic mass is 32.1. The number of hydrogen-bond acceptors (Lipinski definition) is 5. The lowest BCUT2D eigenvalue weighted by Crippen LogP contribution is -2.48. The Balaban J connectivity index is 1.65. The Kier molecular flexibility index (Phi) is 5.66. The largest absolute Gasteiger partial charge is 0.351 e. The van der Waals surface area contributed by atoms with Crippen LogP contribution in [0.4, 0.5) is 4.39 Å². The van der Waals surface area contributed by atoms with E-state index < -0.39 is 6.04 Å². The minimum Gasteiger partial charge on any atom is -0.351 e. The Morgan fingerprint density at radius 2 is 1.82 bits per heavy atom. The molecule has 8 heteroatoms. The topological polar surface area (TPSA) is 75.2 Å². The third-order valence-corrected chi connectivity index (χ3v) is 5.92. The average Bonchev–Trinajstić information content (AvgIpc) is 3.39. The molecule has 2 saturated carbocycles. The summed E-state index contributed by atoms with van der Waals surface area (Å²) in [6.45, 7) is 0. The zero-order chi connectivity index (χ0) is 19.5. The number of nitrogens with one attached hydrogen (secondary N) is 1. The van der Waals surface area contributed by atoms with Crippen LogP contribution >= 0.6 is 11.5 Å². The summed E-state index contributed by atoms with van der Waals surface area (Å²) in [7, 11) is 0. The fourth-order valence-corrected chi connectivity index (χ4v) is 4.28. The van der Waals surface area contributed by atoms with Crippen LogP contribution in [0.25, 0.3) is 0 Å². The van der Waals surface area contributed by atoms with Crippen LogP contribution in [0.5, 0.6) is 0 Å². The summed E-state index contributed by atoms with van der Waals surface area (Å²) >= 11 is 1.11. The van der Waals surface area contributed by atoms with Gasteiger partial charge in [-0.1, -0.05) is 35.9 Å². The van der Waals surface area contributed by atoms with E-state index in [1.165, 1.54) is 18.6 Å². The predicted molar refractivity (Wildman–Crippen MR) is 103 cm³/mol. The minimum absolute atomic E-state index is 0.0126. The Morgan fingerprint density at radius 1 is 1.11 bits per heavy atom. The van der Waals surface area contributed by atoms with Gasteiger partial charge in [0, 0.05) is 17.5 Å². The highest BCUT2D eigenvalue weighted by Gasteiger charge is 2.42. The molecule has 1 aromatic carbocycles. The van der Waals surface area contributed by atoms with E-state index in [9.17, 15) is 14.0 Å². The van der Waals surface area contributed by atoms with Crippen LogP contribution in [0.3, 0.4) is 0 Å². The SMILES string of the molecule is O=C(NC1CCCCC1)[C@H](c1ccc(F)cc1)N(C(=O)c1csnn1)C1CC1. The summed E-state index contributed by atoms with van der Waals surface area (Å²) in [5.41, 5.74) is 0.854. The molecule has 2 aromatic rings. The normalized spacial score (nSPS) is 18.5. The minimum atomic E-state index is -0.802. The molecule has 148 valence electrons. The number of amides is 2. The highest BCUT2D eigenvalue weighted by molar-refractivity contribution is 7.03. The van der Waals surface area contributed by atoms with Gasteiger partial charge in [-0.2, -0.15) is 0 Å². The first-order valence-corrected chi connectivity index (χ1v) is 10.6. The number of rotatable bonds is 6. The van der Waals surface area contributed by atoms with Crippen molar-refractivity contribution in [3.63, 3.8) is 0 Å². The first-order chi connectivity index (χ1) is 13.6. The van der Waals surface area contributed by atoms with E-state index in [-0.39, 0.29) is 35.4 Å². The summed E-state index contributed by atoms with van der Waals surface area (Å²) in [5.74, 6) is -0.880. The van der Waals surface area contributed by atoms with Gasteiger partial charge < -0.3 is 10.2 Å². The first-order valence-electron chi connectivity index (χ1n) is 9.79. The third-order valence-electron chi connectivity index (χ3n) is 5.42. The van der Waals surface area contributed by atoms with E-state index in [1.807, 2.05) is 0 Å². The van der Waals surface area contributed by atoms with Crippen molar-refractivity contribution in [2.24, 2.45) is 0 Å². The monoisotopic (exact) mass is 402 g/mol. The Morgan fingerprint density at radius 3 is 2.43 bits per heavy atom. The Bertz CT molecular complexity index is 817. The maximum absolute atomic E-state index is 13.5. The van der Waals surface area contributed by atoms with E-state index in [0.29, 0.717) is 5.56 Å². The molecule has 4 rings (SSSR count). The van der Waals surface area contributed by atoms with Gasteiger partial charge in [0.05, 0.1) is 0 Å². The summed E-state index contributed by atoms with van der Waals surface area (Å²) in [6.07, 6.45) is 6.99. The van der Waals surface area contributed by atoms with Gasteiger partial charge >= 0.3 is 0 Å². The lowest BCUT2D eigenvalue weighted by molar-refractivity contribution is -0.127. The molecule has 0 unspecified atom stereocenters. The highest BCUT2D eigenvalue weighted by Crippen LogP contribution is 2.36. The smallest absolute Gasteiger partial charge is 0.276 e. The van der Waals surface area contributed by atoms with Gasteiger partial charge in [0.1, 0.15) is 11.9 Å². The molecular weight excluding hydrogens is 379 g/mol. The molecule has 1 aromatic heterocycles. The van der Waals surface area contributed by atoms with Crippen LogP contribution in [-0.2, 0) is 4.79 Å². The number of carbonyl (C=O) groups is 2. The van der Waals surface area contributed by atoms with Gasteiger partial charge in [0.25, 0.3) is 5.91 Å². The molecule has 1 N–H and O–H groups in total. The maximum Gasteiger partial charge on any atom is 0.276 e. The molecule has 1 atom stereocenters. The van der Waals surface area contributed by atoms with Gasteiger partial charge in [-0.3, -0.25) is 9.59 Å². The standard InChI is InChI=1S/C20H23FN4O2S/c21-14-8-6-13(7-9-14)18(19(26)22-15-4-2-1-3-5-15)25(16-10-11-16)20(27)17-12-28-24-23-17/h6-9,12,15-16,18H,1-5,10-11H2,(H,22,26)/t18-/m0/s1. The Hall–Kier alpha value is -2.35. The molecule has 0 saturated heterocycles. The zero-order valence-electron chi connectivity index (χ0n) is 15.5. The lowest BCUT2D eigenvalue weighted by Gasteiger charge is -2.33. The quantitative estimate of drug-likeness (QED) is 0.803. The van der Waals surface area contributed by atoms with Crippen molar-refractivity contribution in [1.29, 1.82) is 0 Å². The number of carbonyl (C=O) groups excluding carboxylic acids is 2. The van der Waals surface area contributed by atoms with E-state index >= 15 is 0 Å². The van der Waals surface area contributed by atoms with Crippen molar-refractivity contribution in [3.05, 3.63) is 46.7 Å². The zero-order valence-corrected chi connectivity index (χ0v) is 16.3. The van der Waals surface area contributed by atoms with E-state index in [1.54, 1.807) is 22.4 Å². The van der Waals surface area contributed by atoms with Crippen LogP contribution in [0, 0.1) is 5.82 Å². The van der Waals surface area contributed by atoms with Crippen molar-refractivity contribution < 1.29 is 14.0 Å². The van der Waals surface area contributed by atoms with Crippen molar-refractivity contribution in [1.82, 2.24) is 19.8 Å². The predicted octanol–water partition coefficient (Wildman–Crippen LogP) is 3.47. The molecule has 28 heavy (non-hydrogen) atoms. The molecule has 6 nitrogen and oxygen atoms in total. The van der Waals surface area contributed by atoms with Crippen LogP contribution in [0.15, 0.2) is 29.6 Å². The summed E-state index contributed by atoms with van der Waals surface area (Å²) in [4.78, 5) is 28.1. The van der Waals surface area contributed by atoms with Crippen molar-refractivity contribution in [2.75, 3.05) is 0 Å². The molecule has 0 radical (unpaired) electrons. The Labute approximate surface area is 167 Å². The van der Waals surface area contributed by atoms with Gasteiger partial charge in [-0.15, -0.1) is 5.10 Å². The van der Waals surface area contributed by atoms with Crippen molar-refractivity contribution in [3.8, 4) is 0 Å². The molecule has 2 amide bonds. The van der Waals surface area contributed by atoms with E-state index in [2.05, 4.69) is 14.9 Å². The van der Waals surface area contributed by atoms with Crippen LogP contribution in [-0.4, -0.2) is 38.4 Å². The number of hydrogen-bond donors (Lipinski definition) is 1. The number of halogens is 1. The lowest BCUT2D eigenvalue weighted by atomic mass is 9.94. The molecule has 0 aliphatic heterocycles. The number of nitrogens with zero attached hydrogens (tertiary/aromatic N) is 3. The van der Waals surface area contributed by atoms with Crippen molar-refractivity contribution >= 4 is 23.3 Å². The molecule has 2 aliphatic rings. The second-order valence-corrected chi connectivity index (χ2v) is 8.14. The molecule has 2 fully saturated rings. The second-order valence-electron chi connectivity index (χ2n) is 7.53. The third kappa shape index (κ3) is 4.22. The number of aromatic nitrogens is 2. The van der Waals surface area contributed by atoms with Gasteiger partial charge in [-0.05, 0) is 54.9 Å². The first kappa shape index (κ1) is 19.0. The second kappa shape index (κ2) is 8.34. The molecule has 0 bridgehead atoms. The van der Waals surface area contributed by atoms with Gasteiger partial charge in [-0.25, -0.2) is 4.39 Å². The van der Waals surface area contributed by atoms with Crippen LogP contribution in [0.2, 0.25) is 0 Å². The molecule has 0 spiro atoms. The number of benzene rings is 1. The van der Waals surface area contributed by atoms with Crippen LogP contribution in [0.1, 0.15) is 67.0 Å². The maximum atomic E-state index is 13.5. The summed E-state index contributed by atoms with van der Waals surface area (Å²) in [6, 6.07) is 5.14. The fraction of sp³-hybridized carbons (Fsp3) is 0.500. The van der Waals surface area contributed by atoms with Gasteiger partial charge in [0.15, 0.2) is 5.69 Å². The molecule has 2 aliphatic carbocycles. The average molecular weight is 402 g/mol. The fourth-order valence-electron chi connectivity index (χ4n) is 3.85. The van der Waals surface area contributed by atoms with E-state index in [0.717, 1.165) is 50.1 Å². The van der Waals surface area contributed by atoms with Crippen molar-refractivity contribution in [2.45, 2.75) is 63.1 Å². The molecule has 1 heterocycles. The molecular formula is C20H23FN4O2S. The van der Waals surface area contributed by atoms with Crippen LogP contribution < -0.4 is 5.32 Å². The van der Waals surface area contributed by atoms with Gasteiger partial charge in [0.2, 0.25) is 5.91 Å². The summed E-state index contributed by atoms with van der Waals surface area (Å²) < 4.78 is 17.3.